The second-order valence-corrected chi connectivity index (χ2v) is 20.6. The van der Waals surface area contributed by atoms with Crippen LogP contribution in [-0.2, 0) is 0 Å². The third-order valence-electron chi connectivity index (χ3n) is 14.8. The highest BCUT2D eigenvalue weighted by atomic mass is 32.1. The number of allylic oxidation sites excluding steroid dienone is 11. The number of benzene rings is 4. The molecule has 3 heterocycles. The van der Waals surface area contributed by atoms with Gasteiger partial charge in [0.05, 0.1) is 11.4 Å². The summed E-state index contributed by atoms with van der Waals surface area (Å²) in [5, 5.41) is 1.36. The van der Waals surface area contributed by atoms with Crippen LogP contribution in [0, 0.1) is 16.7 Å². The Kier molecular flexibility index (Phi) is 8.62. The Morgan fingerprint density at radius 3 is 2.31 bits per heavy atom. The number of nitrogens with zero attached hydrogens (tertiary/aromatic N) is 2. The molecule has 4 aliphatic carbocycles. The highest BCUT2D eigenvalue weighted by Crippen LogP contribution is 2.59. The molecule has 1 saturated carbocycles. The lowest BCUT2D eigenvalue weighted by molar-refractivity contribution is 0.121. The topological polar surface area (TPSA) is 6.48 Å². The summed E-state index contributed by atoms with van der Waals surface area (Å²) in [6, 6.07) is 37.0. The van der Waals surface area contributed by atoms with Crippen LogP contribution in [0.15, 0.2) is 161 Å². The summed E-state index contributed by atoms with van der Waals surface area (Å²) in [6.45, 7) is 15.0. The van der Waals surface area contributed by atoms with Crippen molar-refractivity contribution in [3.8, 4) is 0 Å². The molecule has 0 N–H and O–H groups in total. The van der Waals surface area contributed by atoms with Crippen LogP contribution in [0.4, 0.5) is 22.7 Å². The minimum absolute atomic E-state index is 0.144. The van der Waals surface area contributed by atoms with E-state index in [1.165, 1.54) is 101 Å². The first-order valence-electron chi connectivity index (χ1n) is 22.3. The van der Waals surface area contributed by atoms with Crippen LogP contribution in [0.2, 0.25) is 0 Å². The number of fused-ring (bicyclic) bond motifs is 6. The van der Waals surface area contributed by atoms with Crippen molar-refractivity contribution in [1.82, 2.24) is 0 Å². The van der Waals surface area contributed by atoms with Crippen LogP contribution >= 0.6 is 11.3 Å². The largest absolute Gasteiger partial charge is 0.314 e. The zero-order valence-corrected chi connectivity index (χ0v) is 36.4. The Balaban J connectivity index is 1.26. The fourth-order valence-corrected chi connectivity index (χ4v) is 12.9. The summed E-state index contributed by atoms with van der Waals surface area (Å²) in [5.41, 5.74) is 20.3. The van der Waals surface area contributed by atoms with E-state index in [1.54, 1.807) is 5.57 Å². The SMILES string of the molecule is CC(C)c1ccc2c3c(sc2c1)B1C2=C(CC4C(=C2)C(C)(C)CCC4(C)C)N(C2=C(C4=CC=CCC4)CCC=C2c2ccccc2)c2cccc(c21)N3c1ccccc1. The van der Waals surface area contributed by atoms with Gasteiger partial charge < -0.3 is 9.80 Å². The summed E-state index contributed by atoms with van der Waals surface area (Å²) in [7, 11) is 0. The van der Waals surface area contributed by atoms with Crippen LogP contribution in [-0.4, -0.2) is 6.71 Å². The molecule has 0 bridgehead atoms. The number of para-hydroxylation sites is 1. The number of anilines is 4. The monoisotopic (exact) mass is 786 g/mol. The first kappa shape index (κ1) is 37.0. The molecule has 1 atom stereocenters. The first-order valence-corrected chi connectivity index (χ1v) is 23.1. The number of rotatable bonds is 5. The van der Waals surface area contributed by atoms with E-state index < -0.39 is 0 Å². The third-order valence-corrected chi connectivity index (χ3v) is 16.0. The molecule has 6 aliphatic rings. The average Bonchev–Trinajstić information content (AvgIpc) is 3.64. The molecule has 5 aromatic rings. The maximum Gasteiger partial charge on any atom is 0.264 e. The molecule has 0 spiro atoms. The molecule has 1 unspecified atom stereocenters. The molecule has 59 heavy (non-hydrogen) atoms. The Labute approximate surface area is 356 Å². The Bertz CT molecular complexity index is 2730. The van der Waals surface area contributed by atoms with Crippen molar-refractivity contribution in [2.75, 3.05) is 9.80 Å². The fourth-order valence-electron chi connectivity index (χ4n) is 11.5. The molecule has 1 aromatic heterocycles. The molecule has 1 fully saturated rings. The minimum Gasteiger partial charge on any atom is -0.314 e. The molecule has 4 heteroatoms. The quantitative estimate of drug-likeness (QED) is 0.164. The van der Waals surface area contributed by atoms with Gasteiger partial charge >= 0.3 is 0 Å². The van der Waals surface area contributed by atoms with E-state index in [9.17, 15) is 0 Å². The molecule has 0 radical (unpaired) electrons. The summed E-state index contributed by atoms with van der Waals surface area (Å²) < 4.78 is 2.88. The molecule has 2 aliphatic heterocycles. The van der Waals surface area contributed by atoms with Gasteiger partial charge in [0.2, 0.25) is 0 Å². The zero-order valence-electron chi connectivity index (χ0n) is 35.6. The molecule has 294 valence electrons. The average molecular weight is 787 g/mol. The van der Waals surface area contributed by atoms with Crippen molar-refractivity contribution in [3.63, 3.8) is 0 Å². The maximum absolute atomic E-state index is 2.83. The summed E-state index contributed by atoms with van der Waals surface area (Å²) in [5.74, 6) is 0.951. The van der Waals surface area contributed by atoms with E-state index in [-0.39, 0.29) is 17.5 Å². The van der Waals surface area contributed by atoms with Gasteiger partial charge in [0.25, 0.3) is 6.71 Å². The van der Waals surface area contributed by atoms with Gasteiger partial charge in [-0.1, -0.05) is 144 Å². The maximum atomic E-state index is 2.83. The highest BCUT2D eigenvalue weighted by Gasteiger charge is 2.52. The van der Waals surface area contributed by atoms with Crippen molar-refractivity contribution in [3.05, 3.63) is 172 Å². The van der Waals surface area contributed by atoms with E-state index in [4.69, 9.17) is 0 Å². The molecular weight excluding hydrogens is 731 g/mol. The van der Waals surface area contributed by atoms with Crippen molar-refractivity contribution < 1.29 is 0 Å². The Morgan fingerprint density at radius 1 is 0.797 bits per heavy atom. The number of thiophene rings is 1. The smallest absolute Gasteiger partial charge is 0.264 e. The lowest BCUT2D eigenvalue weighted by Crippen LogP contribution is -2.57. The van der Waals surface area contributed by atoms with Gasteiger partial charge in [-0.15, -0.1) is 11.3 Å². The number of hydrogen-bond donors (Lipinski definition) is 0. The van der Waals surface area contributed by atoms with Crippen molar-refractivity contribution in [2.45, 2.75) is 92.4 Å². The van der Waals surface area contributed by atoms with Crippen LogP contribution in [0.3, 0.4) is 0 Å². The molecular formula is C55H55BN2S. The normalized spacial score (nSPS) is 21.5. The third kappa shape index (κ3) is 5.72. The van der Waals surface area contributed by atoms with E-state index in [0.29, 0.717) is 11.8 Å². The minimum atomic E-state index is 0.144. The lowest BCUT2D eigenvalue weighted by Gasteiger charge is -2.54. The standard InChI is InChI=1S/C55H55BN2S/c1-35(2)38-28-29-42-49(32-38)59-53-52(42)57(39-22-14-9-15-23-39)46-26-17-27-47-50(46)56(53)45-33-43-44(55(5,6)31-30-54(43,3)4)34-48(45)58(47)51-40(36-18-10-7-11-19-36)24-16-25-41(51)37-20-12-8-13-21-37/h7-12,14-15,17-20,22-24,26-29,32-33,35,44H,13,16,21,25,30-31,34H2,1-6H3. The van der Waals surface area contributed by atoms with Crippen molar-refractivity contribution in [1.29, 1.82) is 0 Å². The molecule has 0 saturated heterocycles. The highest BCUT2D eigenvalue weighted by molar-refractivity contribution is 7.33. The van der Waals surface area contributed by atoms with Crippen LogP contribution < -0.4 is 20.0 Å². The first-order chi connectivity index (χ1) is 28.6. The van der Waals surface area contributed by atoms with Gasteiger partial charge in [-0.3, -0.25) is 0 Å². The van der Waals surface area contributed by atoms with E-state index in [2.05, 4.69) is 179 Å². The second-order valence-electron chi connectivity index (χ2n) is 19.5. The molecule has 2 nitrogen and oxygen atoms in total. The number of hydrogen-bond acceptors (Lipinski definition) is 3. The van der Waals surface area contributed by atoms with Gasteiger partial charge in [-0.05, 0) is 131 Å². The fraction of sp³-hybridized carbons (Fsp3) is 0.309. The summed E-state index contributed by atoms with van der Waals surface area (Å²) in [4.78, 5) is 5.45. The van der Waals surface area contributed by atoms with Crippen LogP contribution in [0.5, 0.6) is 0 Å². The van der Waals surface area contributed by atoms with E-state index >= 15 is 0 Å². The van der Waals surface area contributed by atoms with Gasteiger partial charge in [-0.25, -0.2) is 0 Å². The predicted octanol–water partition coefficient (Wildman–Crippen LogP) is 14.2. The Morgan fingerprint density at radius 2 is 1.56 bits per heavy atom. The van der Waals surface area contributed by atoms with Crippen molar-refractivity contribution in [2.24, 2.45) is 16.7 Å². The Hall–Kier alpha value is -5.06. The van der Waals surface area contributed by atoms with E-state index in [1.807, 2.05) is 11.3 Å². The zero-order chi connectivity index (χ0) is 40.2. The van der Waals surface area contributed by atoms with Gasteiger partial charge in [0.15, 0.2) is 0 Å². The van der Waals surface area contributed by atoms with Gasteiger partial charge in [0, 0.05) is 43.2 Å². The van der Waals surface area contributed by atoms with Gasteiger partial charge in [0.1, 0.15) is 0 Å². The van der Waals surface area contributed by atoms with Crippen LogP contribution in [0.25, 0.3) is 15.7 Å². The predicted molar refractivity (Wildman–Crippen MR) is 255 cm³/mol. The van der Waals surface area contributed by atoms with E-state index in [0.717, 1.165) is 32.1 Å². The molecule has 0 amide bonds. The van der Waals surface area contributed by atoms with Gasteiger partial charge in [-0.2, -0.15) is 0 Å². The second kappa shape index (κ2) is 13.7. The molecule has 4 aromatic carbocycles. The molecule has 11 rings (SSSR count). The summed E-state index contributed by atoms with van der Waals surface area (Å²) >= 11 is 2.05. The lowest BCUT2D eigenvalue weighted by atomic mass is 9.34. The van der Waals surface area contributed by atoms with Crippen molar-refractivity contribution >= 4 is 66.7 Å². The van der Waals surface area contributed by atoms with Crippen LogP contribution in [0.1, 0.15) is 104 Å². The summed E-state index contributed by atoms with van der Waals surface area (Å²) in [6.07, 6.45) is 20.2.